The largest absolute Gasteiger partial charge is 0.377 e. The van der Waals surface area contributed by atoms with Crippen LogP contribution in [0.25, 0.3) is 0 Å². The summed E-state index contributed by atoms with van der Waals surface area (Å²) in [6.45, 7) is 3.10. The summed E-state index contributed by atoms with van der Waals surface area (Å²) < 4.78 is 18.2. The quantitative estimate of drug-likeness (QED) is 0.516. The van der Waals surface area contributed by atoms with Crippen LogP contribution in [0.4, 0.5) is 4.39 Å². The molecule has 0 saturated carbocycles. The summed E-state index contributed by atoms with van der Waals surface area (Å²) in [5.74, 6) is 0.635. The van der Waals surface area contributed by atoms with Gasteiger partial charge in [-0.1, -0.05) is 23.8 Å². The maximum absolute atomic E-state index is 12.9. The summed E-state index contributed by atoms with van der Waals surface area (Å²) in [7, 11) is 3.75. The molecule has 0 saturated heterocycles. The van der Waals surface area contributed by atoms with Crippen LogP contribution in [0.2, 0.25) is 0 Å². The number of hydrogen-bond donors (Lipinski definition) is 1. The van der Waals surface area contributed by atoms with Gasteiger partial charge in [0.05, 0.1) is 13.2 Å². The van der Waals surface area contributed by atoms with Gasteiger partial charge >= 0.3 is 0 Å². The Morgan fingerprint density at radius 3 is 2.77 bits per heavy atom. The highest BCUT2D eigenvalue weighted by Crippen LogP contribution is 2.11. The van der Waals surface area contributed by atoms with Crippen LogP contribution in [0, 0.1) is 5.82 Å². The van der Waals surface area contributed by atoms with E-state index in [1.165, 1.54) is 17.7 Å². The van der Waals surface area contributed by atoms with Crippen LogP contribution >= 0.6 is 0 Å². The summed E-state index contributed by atoms with van der Waals surface area (Å²) in [5, 5.41) is 3.37. The Bertz CT molecular complexity index is 525. The summed E-state index contributed by atoms with van der Waals surface area (Å²) >= 11 is 0. The highest BCUT2D eigenvalue weighted by Gasteiger charge is 2.08. The number of hydrogen-bond acceptors (Lipinski definition) is 2. The molecule has 0 atom stereocenters. The molecular weight excluding hydrogens is 281 g/mol. The molecule has 1 aliphatic heterocycles. The van der Waals surface area contributed by atoms with Crippen LogP contribution in [0.5, 0.6) is 0 Å². The molecule has 0 aromatic heterocycles. The molecule has 5 heteroatoms. The second-order valence-electron chi connectivity index (χ2n) is 5.39. The number of benzene rings is 1. The van der Waals surface area contributed by atoms with Gasteiger partial charge in [-0.15, -0.1) is 0 Å². The lowest BCUT2D eigenvalue weighted by molar-refractivity contribution is 0.153. The standard InChI is InChI=1S/C17H24FN3O/c1-19-17(20-10-7-14-8-11-22-12-9-14)21(2)13-15-3-5-16(18)6-4-15/h3-6,8H,7,9-13H2,1-2H3,(H,19,20). The smallest absolute Gasteiger partial charge is 0.193 e. The molecule has 0 aliphatic carbocycles. The van der Waals surface area contributed by atoms with E-state index in [-0.39, 0.29) is 5.82 Å². The molecule has 0 bridgehead atoms. The SMILES string of the molecule is CN=C(NCCC1=CCOCC1)N(C)Cc1ccc(F)cc1. The molecule has 4 nitrogen and oxygen atoms in total. The van der Waals surface area contributed by atoms with Gasteiger partial charge in [0.2, 0.25) is 0 Å². The first kappa shape index (κ1) is 16.5. The fourth-order valence-electron chi connectivity index (χ4n) is 2.45. The molecule has 1 heterocycles. The maximum Gasteiger partial charge on any atom is 0.193 e. The Balaban J connectivity index is 1.80. The summed E-state index contributed by atoms with van der Waals surface area (Å²) in [4.78, 5) is 6.33. The van der Waals surface area contributed by atoms with Crippen molar-refractivity contribution in [1.29, 1.82) is 0 Å². The molecule has 0 radical (unpaired) electrons. The number of nitrogens with one attached hydrogen (secondary N) is 1. The monoisotopic (exact) mass is 305 g/mol. The van der Waals surface area contributed by atoms with Crippen molar-refractivity contribution in [3.05, 3.63) is 47.3 Å². The van der Waals surface area contributed by atoms with Gasteiger partial charge in [0.25, 0.3) is 0 Å². The van der Waals surface area contributed by atoms with Crippen molar-refractivity contribution in [3.8, 4) is 0 Å². The first-order valence-corrected chi connectivity index (χ1v) is 7.61. The maximum atomic E-state index is 12.9. The van der Waals surface area contributed by atoms with Gasteiger partial charge in [0.1, 0.15) is 5.82 Å². The van der Waals surface area contributed by atoms with Crippen LogP contribution in [0.3, 0.4) is 0 Å². The highest BCUT2D eigenvalue weighted by atomic mass is 19.1. The molecule has 0 spiro atoms. The molecule has 0 amide bonds. The van der Waals surface area contributed by atoms with Crippen LogP contribution in [-0.2, 0) is 11.3 Å². The van der Waals surface area contributed by atoms with E-state index in [1.54, 1.807) is 19.2 Å². The number of nitrogens with zero attached hydrogens (tertiary/aromatic N) is 2. The molecule has 0 unspecified atom stereocenters. The predicted octanol–water partition coefficient (Wildman–Crippen LogP) is 2.57. The van der Waals surface area contributed by atoms with Crippen molar-refractivity contribution in [1.82, 2.24) is 10.2 Å². The third-order valence-electron chi connectivity index (χ3n) is 3.69. The van der Waals surface area contributed by atoms with Crippen molar-refractivity contribution in [2.75, 3.05) is 33.9 Å². The van der Waals surface area contributed by atoms with E-state index in [2.05, 4.69) is 16.4 Å². The topological polar surface area (TPSA) is 36.9 Å². The normalized spacial score (nSPS) is 15.4. The lowest BCUT2D eigenvalue weighted by atomic mass is 10.1. The van der Waals surface area contributed by atoms with Crippen LogP contribution in [-0.4, -0.2) is 44.7 Å². The van der Waals surface area contributed by atoms with Gasteiger partial charge < -0.3 is 15.0 Å². The lowest BCUT2D eigenvalue weighted by Gasteiger charge is -2.23. The predicted molar refractivity (Wildman–Crippen MR) is 87.4 cm³/mol. The van der Waals surface area contributed by atoms with E-state index >= 15 is 0 Å². The number of ether oxygens (including phenoxy) is 1. The number of guanidine groups is 1. The van der Waals surface area contributed by atoms with Crippen molar-refractivity contribution >= 4 is 5.96 Å². The minimum Gasteiger partial charge on any atom is -0.377 e. The fourth-order valence-corrected chi connectivity index (χ4v) is 2.45. The average Bonchev–Trinajstić information content (AvgIpc) is 2.54. The molecule has 22 heavy (non-hydrogen) atoms. The van der Waals surface area contributed by atoms with Crippen LogP contribution in [0.15, 0.2) is 40.9 Å². The average molecular weight is 305 g/mol. The molecule has 1 aliphatic rings. The zero-order valence-electron chi connectivity index (χ0n) is 13.3. The Kier molecular flexibility index (Phi) is 6.40. The van der Waals surface area contributed by atoms with Crippen molar-refractivity contribution in [2.24, 2.45) is 4.99 Å². The second-order valence-corrected chi connectivity index (χ2v) is 5.39. The van der Waals surface area contributed by atoms with E-state index < -0.39 is 0 Å². The van der Waals surface area contributed by atoms with Crippen LogP contribution < -0.4 is 5.32 Å². The zero-order valence-corrected chi connectivity index (χ0v) is 13.3. The Hall–Kier alpha value is -1.88. The molecule has 1 aromatic rings. The molecule has 0 fully saturated rings. The first-order chi connectivity index (χ1) is 10.7. The summed E-state index contributed by atoms with van der Waals surface area (Å²) in [5.41, 5.74) is 2.49. The van der Waals surface area contributed by atoms with Crippen molar-refractivity contribution in [3.63, 3.8) is 0 Å². The third kappa shape index (κ3) is 5.15. The molecule has 120 valence electrons. The molecule has 2 rings (SSSR count). The van der Waals surface area contributed by atoms with Gasteiger partial charge in [-0.3, -0.25) is 4.99 Å². The molecule has 1 aromatic carbocycles. The van der Waals surface area contributed by atoms with Gasteiger partial charge in [0.15, 0.2) is 5.96 Å². The van der Waals surface area contributed by atoms with Gasteiger partial charge in [-0.25, -0.2) is 4.39 Å². The number of rotatable bonds is 5. The minimum absolute atomic E-state index is 0.210. The van der Waals surface area contributed by atoms with E-state index in [9.17, 15) is 4.39 Å². The number of halogens is 1. The summed E-state index contributed by atoms with van der Waals surface area (Å²) in [6, 6.07) is 6.56. The Labute approximate surface area is 131 Å². The van der Waals surface area contributed by atoms with Gasteiger partial charge in [-0.2, -0.15) is 0 Å². The fraction of sp³-hybridized carbons (Fsp3) is 0.471. The highest BCUT2D eigenvalue weighted by molar-refractivity contribution is 5.79. The molecule has 1 N–H and O–H groups in total. The van der Waals surface area contributed by atoms with Crippen molar-refractivity contribution in [2.45, 2.75) is 19.4 Å². The zero-order chi connectivity index (χ0) is 15.8. The minimum atomic E-state index is -0.210. The lowest BCUT2D eigenvalue weighted by Crippen LogP contribution is -2.39. The van der Waals surface area contributed by atoms with Crippen LogP contribution in [0.1, 0.15) is 18.4 Å². The van der Waals surface area contributed by atoms with E-state index in [0.717, 1.165) is 44.1 Å². The number of aliphatic imine (C=N–C) groups is 1. The van der Waals surface area contributed by atoms with E-state index in [4.69, 9.17) is 4.74 Å². The van der Waals surface area contributed by atoms with E-state index in [1.807, 2.05) is 11.9 Å². The first-order valence-electron chi connectivity index (χ1n) is 7.61. The van der Waals surface area contributed by atoms with Gasteiger partial charge in [-0.05, 0) is 30.5 Å². The molecular formula is C17H24FN3O. The van der Waals surface area contributed by atoms with Gasteiger partial charge in [0, 0.05) is 27.2 Å². The third-order valence-corrected chi connectivity index (χ3v) is 3.69. The van der Waals surface area contributed by atoms with E-state index in [0.29, 0.717) is 6.54 Å². The van der Waals surface area contributed by atoms with Crippen molar-refractivity contribution < 1.29 is 9.13 Å². The summed E-state index contributed by atoms with van der Waals surface area (Å²) in [6.07, 6.45) is 4.19. The Morgan fingerprint density at radius 2 is 2.14 bits per heavy atom. The second kappa shape index (κ2) is 8.54. The Morgan fingerprint density at radius 1 is 1.36 bits per heavy atom.